The van der Waals surface area contributed by atoms with Gasteiger partial charge in [0.1, 0.15) is 5.75 Å². The summed E-state index contributed by atoms with van der Waals surface area (Å²) in [5.74, 6) is 1.83. The van der Waals surface area contributed by atoms with E-state index < -0.39 is 0 Å². The fourth-order valence-electron chi connectivity index (χ4n) is 3.73. The lowest BCUT2D eigenvalue weighted by atomic mass is 9.92. The van der Waals surface area contributed by atoms with Gasteiger partial charge in [0, 0.05) is 25.7 Å². The molecule has 8 nitrogen and oxygen atoms in total. The number of fused-ring (bicyclic) bond motifs is 1. The first-order chi connectivity index (χ1) is 15.0. The fourth-order valence-corrected chi connectivity index (χ4v) is 3.73. The van der Waals surface area contributed by atoms with Crippen LogP contribution in [0.4, 0.5) is 10.5 Å². The third-order valence-corrected chi connectivity index (χ3v) is 5.22. The summed E-state index contributed by atoms with van der Waals surface area (Å²) in [7, 11) is 3.17. The Balaban J connectivity index is 1.86. The quantitative estimate of drug-likeness (QED) is 0.707. The summed E-state index contributed by atoms with van der Waals surface area (Å²) in [4.78, 5) is 26.5. The molecule has 8 heteroatoms. The molecule has 0 aromatic heterocycles. The van der Waals surface area contributed by atoms with Crippen molar-refractivity contribution in [3.8, 4) is 17.2 Å². The molecule has 0 saturated heterocycles. The maximum absolute atomic E-state index is 13.1. The number of benzene rings is 2. The van der Waals surface area contributed by atoms with E-state index in [0.717, 1.165) is 16.9 Å². The molecule has 2 aromatic rings. The minimum atomic E-state index is -0.338. The summed E-state index contributed by atoms with van der Waals surface area (Å²) in [5.41, 5.74) is 2.67. The zero-order chi connectivity index (χ0) is 22.4. The van der Waals surface area contributed by atoms with Crippen LogP contribution in [0.2, 0.25) is 0 Å². The van der Waals surface area contributed by atoms with Gasteiger partial charge >= 0.3 is 6.03 Å². The topological polar surface area (TPSA) is 89.1 Å². The predicted octanol–water partition coefficient (Wildman–Crippen LogP) is 3.37. The molecule has 0 aliphatic carbocycles. The van der Waals surface area contributed by atoms with Crippen molar-refractivity contribution in [3.63, 3.8) is 0 Å². The first kappa shape index (κ1) is 22.3. The van der Waals surface area contributed by atoms with Crippen molar-refractivity contribution in [3.05, 3.63) is 47.5 Å². The molecule has 1 aliphatic heterocycles. The van der Waals surface area contributed by atoms with Crippen LogP contribution in [0.1, 0.15) is 31.0 Å². The molecule has 0 unspecified atom stereocenters. The lowest BCUT2D eigenvalue weighted by molar-refractivity contribution is -0.119. The standard InChI is InChI=1S/C23H29N3O5/c1-5-31-18-8-6-17(7-9-18)25-23(28)26-11-10-16-12-21(29-3)22(30-4)13-19(16)20(26)14-24-15(2)27/h6-9,12-13,20H,5,10-11,14H2,1-4H3,(H,24,27)(H,25,28)/t20-/m1/s1. The second-order valence-electron chi connectivity index (χ2n) is 7.19. The van der Waals surface area contributed by atoms with Crippen LogP contribution >= 0.6 is 0 Å². The monoisotopic (exact) mass is 427 g/mol. The van der Waals surface area contributed by atoms with Gasteiger partial charge in [0.15, 0.2) is 11.5 Å². The first-order valence-corrected chi connectivity index (χ1v) is 10.3. The number of nitrogens with one attached hydrogen (secondary N) is 2. The predicted molar refractivity (Wildman–Crippen MR) is 118 cm³/mol. The number of carbonyl (C=O) groups excluding carboxylic acids is 2. The van der Waals surface area contributed by atoms with Gasteiger partial charge in [0.2, 0.25) is 5.91 Å². The van der Waals surface area contributed by atoms with Crippen LogP contribution in [0.25, 0.3) is 0 Å². The highest BCUT2D eigenvalue weighted by atomic mass is 16.5. The third-order valence-electron chi connectivity index (χ3n) is 5.22. The Labute approximate surface area is 182 Å². The van der Waals surface area contributed by atoms with E-state index in [4.69, 9.17) is 14.2 Å². The van der Waals surface area contributed by atoms with Crippen LogP contribution in [-0.2, 0) is 11.2 Å². The van der Waals surface area contributed by atoms with Crippen LogP contribution in [0.5, 0.6) is 17.2 Å². The smallest absolute Gasteiger partial charge is 0.322 e. The second kappa shape index (κ2) is 10.1. The summed E-state index contributed by atoms with van der Waals surface area (Å²) in [6.07, 6.45) is 0.670. The number of hydrogen-bond donors (Lipinski definition) is 2. The lowest BCUT2D eigenvalue weighted by Crippen LogP contribution is -2.46. The van der Waals surface area contributed by atoms with E-state index in [-0.39, 0.29) is 18.0 Å². The Hall–Kier alpha value is -3.42. The molecule has 3 rings (SSSR count). The van der Waals surface area contributed by atoms with E-state index in [9.17, 15) is 9.59 Å². The molecular weight excluding hydrogens is 398 g/mol. The number of methoxy groups -OCH3 is 2. The molecule has 0 saturated carbocycles. The number of urea groups is 1. The van der Waals surface area contributed by atoms with Crippen molar-refractivity contribution in [2.45, 2.75) is 26.3 Å². The molecule has 2 aromatic carbocycles. The maximum Gasteiger partial charge on any atom is 0.322 e. The normalized spacial score (nSPS) is 15.0. The van der Waals surface area contributed by atoms with Gasteiger partial charge in [-0.1, -0.05) is 0 Å². The average Bonchev–Trinajstić information content (AvgIpc) is 2.77. The molecule has 3 amide bonds. The molecular formula is C23H29N3O5. The van der Waals surface area contributed by atoms with Crippen LogP contribution in [0, 0.1) is 0 Å². The summed E-state index contributed by atoms with van der Waals surface area (Å²) < 4.78 is 16.3. The van der Waals surface area contributed by atoms with Gasteiger partial charge in [0.25, 0.3) is 0 Å². The number of anilines is 1. The van der Waals surface area contributed by atoms with Gasteiger partial charge in [-0.2, -0.15) is 0 Å². The molecule has 1 atom stereocenters. The molecule has 31 heavy (non-hydrogen) atoms. The van der Waals surface area contributed by atoms with Crippen LogP contribution in [-0.4, -0.2) is 50.8 Å². The summed E-state index contributed by atoms with van der Waals surface area (Å²) >= 11 is 0. The van der Waals surface area contributed by atoms with Crippen molar-refractivity contribution in [1.82, 2.24) is 10.2 Å². The van der Waals surface area contributed by atoms with Gasteiger partial charge in [-0.05, 0) is 60.9 Å². The zero-order valence-corrected chi connectivity index (χ0v) is 18.4. The molecule has 0 bridgehead atoms. The second-order valence-corrected chi connectivity index (χ2v) is 7.19. The van der Waals surface area contributed by atoms with Gasteiger partial charge in [-0.3, -0.25) is 4.79 Å². The number of carbonyl (C=O) groups is 2. The van der Waals surface area contributed by atoms with Gasteiger partial charge in [0.05, 0.1) is 26.9 Å². The van der Waals surface area contributed by atoms with Crippen molar-refractivity contribution in [2.75, 3.05) is 39.2 Å². The molecule has 166 valence electrons. The maximum atomic E-state index is 13.1. The number of hydrogen-bond acceptors (Lipinski definition) is 5. The van der Waals surface area contributed by atoms with E-state index in [1.807, 2.05) is 31.2 Å². The summed E-state index contributed by atoms with van der Waals surface area (Å²) in [5, 5.41) is 5.79. The van der Waals surface area contributed by atoms with Crippen LogP contribution < -0.4 is 24.8 Å². The van der Waals surface area contributed by atoms with Crippen LogP contribution in [0.15, 0.2) is 36.4 Å². The average molecular weight is 428 g/mol. The van der Waals surface area contributed by atoms with E-state index >= 15 is 0 Å². The fraction of sp³-hybridized carbons (Fsp3) is 0.391. The Morgan fingerprint density at radius 1 is 1.10 bits per heavy atom. The van der Waals surface area contributed by atoms with E-state index in [0.29, 0.717) is 43.3 Å². The number of rotatable bonds is 7. The van der Waals surface area contributed by atoms with Crippen molar-refractivity contribution < 1.29 is 23.8 Å². The minimum Gasteiger partial charge on any atom is -0.494 e. The van der Waals surface area contributed by atoms with Gasteiger partial charge in [-0.25, -0.2) is 4.79 Å². The number of ether oxygens (including phenoxy) is 3. The summed E-state index contributed by atoms with van der Waals surface area (Å²) in [6.45, 7) is 4.77. The Kier molecular flexibility index (Phi) is 7.23. The third kappa shape index (κ3) is 5.20. The molecule has 2 N–H and O–H groups in total. The Bertz CT molecular complexity index is 930. The molecule has 0 spiro atoms. The largest absolute Gasteiger partial charge is 0.494 e. The van der Waals surface area contributed by atoms with E-state index in [1.165, 1.54) is 6.92 Å². The highest BCUT2D eigenvalue weighted by Crippen LogP contribution is 2.38. The molecule has 0 radical (unpaired) electrons. The van der Waals surface area contributed by atoms with Gasteiger partial charge in [-0.15, -0.1) is 0 Å². The minimum absolute atomic E-state index is 0.153. The van der Waals surface area contributed by atoms with Gasteiger partial charge < -0.3 is 29.7 Å². The van der Waals surface area contributed by atoms with E-state index in [1.54, 1.807) is 31.3 Å². The van der Waals surface area contributed by atoms with Crippen molar-refractivity contribution in [1.29, 1.82) is 0 Å². The van der Waals surface area contributed by atoms with Crippen molar-refractivity contribution in [2.24, 2.45) is 0 Å². The number of amides is 3. The summed E-state index contributed by atoms with van der Waals surface area (Å²) in [6, 6.07) is 10.5. The Morgan fingerprint density at radius 3 is 2.39 bits per heavy atom. The highest BCUT2D eigenvalue weighted by Gasteiger charge is 2.32. The highest BCUT2D eigenvalue weighted by molar-refractivity contribution is 5.90. The Morgan fingerprint density at radius 2 is 1.77 bits per heavy atom. The number of nitrogens with zero attached hydrogens (tertiary/aromatic N) is 1. The van der Waals surface area contributed by atoms with Crippen LogP contribution in [0.3, 0.4) is 0 Å². The molecule has 1 heterocycles. The van der Waals surface area contributed by atoms with Crippen molar-refractivity contribution >= 4 is 17.6 Å². The zero-order valence-electron chi connectivity index (χ0n) is 18.4. The van der Waals surface area contributed by atoms with E-state index in [2.05, 4.69) is 10.6 Å². The molecule has 1 aliphatic rings. The SMILES string of the molecule is CCOc1ccc(NC(=O)N2CCc3cc(OC)c(OC)cc3[C@H]2CNC(C)=O)cc1. The lowest BCUT2D eigenvalue weighted by Gasteiger charge is -2.37. The molecule has 0 fully saturated rings. The first-order valence-electron chi connectivity index (χ1n) is 10.3.